The highest BCUT2D eigenvalue weighted by Crippen LogP contribution is 2.29. The Morgan fingerprint density at radius 1 is 1.19 bits per heavy atom. The molecule has 0 fully saturated rings. The molecule has 0 saturated heterocycles. The van der Waals surface area contributed by atoms with Gasteiger partial charge in [-0.15, -0.1) is 11.3 Å². The lowest BCUT2D eigenvalue weighted by Crippen LogP contribution is -2.12. The summed E-state index contributed by atoms with van der Waals surface area (Å²) < 4.78 is 0. The standard InChI is InChI=1S/C17H22N2OS/c1-5-17(20)19-15-8-6-7-14(12(15)3)18-13(4)16-10-9-11(2)21-16/h6-10,13,18H,5H2,1-4H3,(H,19,20). The van der Waals surface area contributed by atoms with Gasteiger partial charge in [-0.25, -0.2) is 0 Å². The van der Waals surface area contributed by atoms with Gasteiger partial charge in [-0.2, -0.15) is 0 Å². The Bertz CT molecular complexity index is 633. The lowest BCUT2D eigenvalue weighted by molar-refractivity contribution is -0.115. The molecule has 21 heavy (non-hydrogen) atoms. The smallest absolute Gasteiger partial charge is 0.224 e. The predicted molar refractivity (Wildman–Crippen MR) is 91.2 cm³/mol. The lowest BCUT2D eigenvalue weighted by atomic mass is 10.1. The van der Waals surface area contributed by atoms with Crippen LogP contribution in [-0.2, 0) is 4.79 Å². The van der Waals surface area contributed by atoms with Gasteiger partial charge >= 0.3 is 0 Å². The van der Waals surface area contributed by atoms with Crippen LogP contribution in [0.4, 0.5) is 11.4 Å². The topological polar surface area (TPSA) is 41.1 Å². The zero-order valence-electron chi connectivity index (χ0n) is 13.0. The van der Waals surface area contributed by atoms with E-state index in [0.717, 1.165) is 16.9 Å². The van der Waals surface area contributed by atoms with E-state index in [1.54, 1.807) is 0 Å². The number of carbonyl (C=O) groups is 1. The molecule has 0 spiro atoms. The third-order valence-electron chi connectivity index (χ3n) is 3.49. The van der Waals surface area contributed by atoms with E-state index in [4.69, 9.17) is 0 Å². The maximum Gasteiger partial charge on any atom is 0.224 e. The van der Waals surface area contributed by atoms with E-state index in [0.29, 0.717) is 6.42 Å². The summed E-state index contributed by atoms with van der Waals surface area (Å²) >= 11 is 1.81. The number of carbonyl (C=O) groups excluding carboxylic acids is 1. The third-order valence-corrected chi connectivity index (χ3v) is 4.67. The fourth-order valence-corrected chi connectivity index (χ4v) is 3.04. The minimum absolute atomic E-state index is 0.0391. The number of benzene rings is 1. The highest BCUT2D eigenvalue weighted by Gasteiger charge is 2.11. The van der Waals surface area contributed by atoms with Gasteiger partial charge in [-0.3, -0.25) is 4.79 Å². The van der Waals surface area contributed by atoms with Crippen molar-refractivity contribution in [2.24, 2.45) is 0 Å². The Hall–Kier alpha value is -1.81. The van der Waals surface area contributed by atoms with Crippen molar-refractivity contribution in [2.45, 2.75) is 40.2 Å². The molecule has 0 bridgehead atoms. The molecule has 1 unspecified atom stereocenters. The minimum Gasteiger partial charge on any atom is -0.377 e. The summed E-state index contributed by atoms with van der Waals surface area (Å²) in [5.74, 6) is 0.0391. The van der Waals surface area contributed by atoms with Gasteiger partial charge < -0.3 is 10.6 Å². The molecule has 2 rings (SSSR count). The van der Waals surface area contributed by atoms with Crippen molar-refractivity contribution in [3.8, 4) is 0 Å². The van der Waals surface area contributed by atoms with E-state index < -0.39 is 0 Å². The first-order valence-electron chi connectivity index (χ1n) is 7.23. The first kappa shape index (κ1) is 15.6. The van der Waals surface area contributed by atoms with Crippen LogP contribution in [0.3, 0.4) is 0 Å². The van der Waals surface area contributed by atoms with Gasteiger partial charge in [0.15, 0.2) is 0 Å². The number of hydrogen-bond acceptors (Lipinski definition) is 3. The van der Waals surface area contributed by atoms with Crippen LogP contribution in [0.5, 0.6) is 0 Å². The Balaban J connectivity index is 2.16. The molecule has 1 aromatic heterocycles. The number of hydrogen-bond donors (Lipinski definition) is 2. The molecule has 1 amide bonds. The molecule has 3 nitrogen and oxygen atoms in total. The fraction of sp³-hybridized carbons (Fsp3) is 0.353. The minimum atomic E-state index is 0.0391. The molecule has 112 valence electrons. The van der Waals surface area contributed by atoms with E-state index in [2.05, 4.69) is 36.6 Å². The van der Waals surface area contributed by atoms with Gasteiger partial charge in [0.05, 0.1) is 6.04 Å². The summed E-state index contributed by atoms with van der Waals surface area (Å²) in [6.45, 7) is 8.16. The van der Waals surface area contributed by atoms with Crippen molar-refractivity contribution in [2.75, 3.05) is 10.6 Å². The molecule has 1 heterocycles. The van der Waals surface area contributed by atoms with Gasteiger partial charge in [-0.05, 0) is 50.6 Å². The number of nitrogens with one attached hydrogen (secondary N) is 2. The van der Waals surface area contributed by atoms with Crippen molar-refractivity contribution in [3.05, 3.63) is 45.6 Å². The highest BCUT2D eigenvalue weighted by molar-refractivity contribution is 7.12. The predicted octanol–water partition coefficient (Wildman–Crippen LogP) is 4.89. The normalized spacial score (nSPS) is 12.0. The summed E-state index contributed by atoms with van der Waals surface area (Å²) in [6, 6.07) is 10.5. The second-order valence-corrected chi connectivity index (χ2v) is 6.51. The monoisotopic (exact) mass is 302 g/mol. The van der Waals surface area contributed by atoms with E-state index in [1.807, 2.05) is 43.4 Å². The zero-order valence-corrected chi connectivity index (χ0v) is 13.8. The van der Waals surface area contributed by atoms with E-state index in [-0.39, 0.29) is 11.9 Å². The van der Waals surface area contributed by atoms with Gasteiger partial charge in [0.25, 0.3) is 0 Å². The Morgan fingerprint density at radius 2 is 1.90 bits per heavy atom. The maximum atomic E-state index is 11.6. The SMILES string of the molecule is CCC(=O)Nc1cccc(NC(C)c2ccc(C)s2)c1C. The summed E-state index contributed by atoms with van der Waals surface area (Å²) in [6.07, 6.45) is 0.488. The average molecular weight is 302 g/mol. The Morgan fingerprint density at radius 3 is 2.52 bits per heavy atom. The summed E-state index contributed by atoms with van der Waals surface area (Å²) in [7, 11) is 0. The summed E-state index contributed by atoms with van der Waals surface area (Å²) in [4.78, 5) is 14.2. The number of amides is 1. The fourth-order valence-electron chi connectivity index (χ4n) is 2.16. The molecule has 1 aromatic carbocycles. The van der Waals surface area contributed by atoms with Gasteiger partial charge in [-0.1, -0.05) is 13.0 Å². The molecule has 0 aliphatic carbocycles. The molecule has 2 N–H and O–H groups in total. The van der Waals surface area contributed by atoms with Gasteiger partial charge in [0.1, 0.15) is 0 Å². The molecule has 0 aliphatic rings. The molecule has 0 radical (unpaired) electrons. The Kier molecular flexibility index (Phi) is 5.02. The van der Waals surface area contributed by atoms with Crippen molar-refractivity contribution in [3.63, 3.8) is 0 Å². The molecule has 0 aliphatic heterocycles. The summed E-state index contributed by atoms with van der Waals surface area (Å²) in [5, 5.41) is 6.47. The second kappa shape index (κ2) is 6.76. The van der Waals surface area contributed by atoms with Crippen LogP contribution in [0.1, 0.15) is 41.6 Å². The molecular weight excluding hydrogens is 280 g/mol. The third kappa shape index (κ3) is 3.85. The highest BCUT2D eigenvalue weighted by atomic mass is 32.1. The number of aryl methyl sites for hydroxylation is 1. The second-order valence-electron chi connectivity index (χ2n) is 5.19. The number of rotatable bonds is 5. The largest absolute Gasteiger partial charge is 0.377 e. The van der Waals surface area contributed by atoms with Crippen LogP contribution in [0, 0.1) is 13.8 Å². The zero-order chi connectivity index (χ0) is 15.4. The van der Waals surface area contributed by atoms with Crippen molar-refractivity contribution in [1.29, 1.82) is 0 Å². The lowest BCUT2D eigenvalue weighted by Gasteiger charge is -2.18. The molecule has 0 saturated carbocycles. The number of thiophene rings is 1. The van der Waals surface area contributed by atoms with Crippen LogP contribution in [0.15, 0.2) is 30.3 Å². The van der Waals surface area contributed by atoms with E-state index in [9.17, 15) is 4.79 Å². The van der Waals surface area contributed by atoms with Crippen LogP contribution < -0.4 is 10.6 Å². The van der Waals surface area contributed by atoms with Crippen molar-refractivity contribution in [1.82, 2.24) is 0 Å². The molecule has 2 aromatic rings. The van der Waals surface area contributed by atoms with E-state index in [1.165, 1.54) is 9.75 Å². The average Bonchev–Trinajstić information content (AvgIpc) is 2.89. The van der Waals surface area contributed by atoms with Crippen LogP contribution >= 0.6 is 11.3 Å². The summed E-state index contributed by atoms with van der Waals surface area (Å²) in [5.41, 5.74) is 3.00. The molecular formula is C17H22N2OS. The van der Waals surface area contributed by atoms with Crippen LogP contribution in [0.25, 0.3) is 0 Å². The van der Waals surface area contributed by atoms with E-state index >= 15 is 0 Å². The molecule has 4 heteroatoms. The first-order chi connectivity index (χ1) is 10.0. The van der Waals surface area contributed by atoms with Gasteiger partial charge in [0.2, 0.25) is 5.91 Å². The first-order valence-corrected chi connectivity index (χ1v) is 8.05. The number of anilines is 2. The van der Waals surface area contributed by atoms with Crippen molar-refractivity contribution < 1.29 is 4.79 Å². The van der Waals surface area contributed by atoms with Gasteiger partial charge in [0, 0.05) is 27.5 Å². The van der Waals surface area contributed by atoms with Crippen molar-refractivity contribution >= 4 is 28.6 Å². The van der Waals surface area contributed by atoms with Crippen LogP contribution in [0.2, 0.25) is 0 Å². The molecule has 1 atom stereocenters. The maximum absolute atomic E-state index is 11.6. The quantitative estimate of drug-likeness (QED) is 0.826. The van der Waals surface area contributed by atoms with Crippen LogP contribution in [-0.4, -0.2) is 5.91 Å². The Labute approximate surface area is 130 Å².